The van der Waals surface area contributed by atoms with Gasteiger partial charge in [0.1, 0.15) is 0 Å². The van der Waals surface area contributed by atoms with Gasteiger partial charge in [-0.1, -0.05) is 36.8 Å². The van der Waals surface area contributed by atoms with Gasteiger partial charge in [-0.25, -0.2) is 13.2 Å². The Morgan fingerprint density at radius 2 is 1.80 bits per heavy atom. The van der Waals surface area contributed by atoms with Crippen LogP contribution in [-0.4, -0.2) is 18.0 Å². The van der Waals surface area contributed by atoms with Crippen LogP contribution in [-0.2, 0) is 12.0 Å². The Morgan fingerprint density at radius 1 is 1.08 bits per heavy atom. The number of nitrogens with two attached hydrogens (primary N) is 1. The van der Waals surface area contributed by atoms with Gasteiger partial charge in [0, 0.05) is 36.7 Å². The van der Waals surface area contributed by atoms with Crippen molar-refractivity contribution in [3.05, 3.63) is 70.5 Å². The van der Waals surface area contributed by atoms with Gasteiger partial charge in [-0.15, -0.1) is 0 Å². The van der Waals surface area contributed by atoms with E-state index in [0.717, 1.165) is 31.9 Å². The summed E-state index contributed by atoms with van der Waals surface area (Å²) in [5.41, 5.74) is 7.94. The Morgan fingerprint density at radius 3 is 2.40 bits per heavy atom. The van der Waals surface area contributed by atoms with E-state index in [-0.39, 0.29) is 30.1 Å². The number of nitrogens with zero attached hydrogens (tertiary/aromatic N) is 1. The van der Waals surface area contributed by atoms with E-state index in [1.165, 1.54) is 5.56 Å². The van der Waals surface area contributed by atoms with Crippen LogP contribution in [0.1, 0.15) is 42.0 Å². The standard InChI is InChI=1S/C20H21F3N2/c21-16-9-14-15(18(22)19(16)23)11-25(17(14)10-24)12-20(7-4-8-20)13-5-2-1-3-6-13/h1-3,5-6,9,17H,4,7-8,10-12,24H2. The van der Waals surface area contributed by atoms with Crippen LogP contribution in [0.15, 0.2) is 36.4 Å². The first-order valence-corrected chi connectivity index (χ1v) is 8.72. The van der Waals surface area contributed by atoms with Gasteiger partial charge in [0.15, 0.2) is 17.5 Å². The van der Waals surface area contributed by atoms with Gasteiger partial charge in [-0.2, -0.15) is 0 Å². The summed E-state index contributed by atoms with van der Waals surface area (Å²) >= 11 is 0. The summed E-state index contributed by atoms with van der Waals surface area (Å²) in [7, 11) is 0. The van der Waals surface area contributed by atoms with Crippen LogP contribution in [0.3, 0.4) is 0 Å². The van der Waals surface area contributed by atoms with Crippen molar-refractivity contribution < 1.29 is 13.2 Å². The van der Waals surface area contributed by atoms with Crippen molar-refractivity contribution in [2.24, 2.45) is 5.73 Å². The van der Waals surface area contributed by atoms with E-state index in [1.54, 1.807) is 0 Å². The molecular formula is C20H21F3N2. The zero-order valence-electron chi connectivity index (χ0n) is 13.9. The molecular weight excluding hydrogens is 325 g/mol. The van der Waals surface area contributed by atoms with Crippen LogP contribution >= 0.6 is 0 Å². The number of hydrogen-bond donors (Lipinski definition) is 1. The minimum Gasteiger partial charge on any atom is -0.329 e. The van der Waals surface area contributed by atoms with Crippen molar-refractivity contribution in [3.63, 3.8) is 0 Å². The van der Waals surface area contributed by atoms with Crippen LogP contribution < -0.4 is 5.73 Å². The second-order valence-electron chi connectivity index (χ2n) is 7.21. The summed E-state index contributed by atoms with van der Waals surface area (Å²) in [5.74, 6) is -3.60. The van der Waals surface area contributed by atoms with Crippen LogP contribution in [0.2, 0.25) is 0 Å². The minimum absolute atomic E-state index is 0.0181. The SMILES string of the molecule is NCC1c2cc(F)c(F)c(F)c2CN1CC1(c2ccccc2)CCC1. The van der Waals surface area contributed by atoms with Crippen LogP contribution in [0.4, 0.5) is 13.2 Å². The second-order valence-corrected chi connectivity index (χ2v) is 7.21. The summed E-state index contributed by atoms with van der Waals surface area (Å²) in [5, 5.41) is 0. The Hall–Kier alpha value is -1.85. The van der Waals surface area contributed by atoms with E-state index >= 15 is 0 Å². The van der Waals surface area contributed by atoms with Crippen molar-refractivity contribution in [1.29, 1.82) is 0 Å². The molecule has 1 unspecified atom stereocenters. The topological polar surface area (TPSA) is 29.3 Å². The quantitative estimate of drug-likeness (QED) is 0.847. The first-order valence-electron chi connectivity index (χ1n) is 8.72. The number of benzene rings is 2. The predicted molar refractivity (Wildman–Crippen MR) is 90.5 cm³/mol. The van der Waals surface area contributed by atoms with Crippen LogP contribution in [0.5, 0.6) is 0 Å². The number of hydrogen-bond acceptors (Lipinski definition) is 2. The molecule has 1 aliphatic carbocycles. The molecule has 1 saturated carbocycles. The molecule has 1 fully saturated rings. The zero-order chi connectivity index (χ0) is 17.6. The van der Waals surface area contributed by atoms with Crippen molar-refractivity contribution in [2.75, 3.05) is 13.1 Å². The summed E-state index contributed by atoms with van der Waals surface area (Å²) in [6, 6.07) is 11.1. The molecule has 25 heavy (non-hydrogen) atoms. The van der Waals surface area contributed by atoms with Crippen molar-refractivity contribution in [3.8, 4) is 0 Å². The molecule has 2 aromatic carbocycles. The Balaban J connectivity index is 1.67. The number of halogens is 3. The lowest BCUT2D eigenvalue weighted by Crippen LogP contribution is -2.46. The summed E-state index contributed by atoms with van der Waals surface area (Å²) < 4.78 is 41.5. The minimum atomic E-state index is -1.39. The summed E-state index contributed by atoms with van der Waals surface area (Å²) in [6.07, 6.45) is 3.28. The smallest absolute Gasteiger partial charge is 0.194 e. The maximum Gasteiger partial charge on any atom is 0.194 e. The first-order chi connectivity index (χ1) is 12.1. The van der Waals surface area contributed by atoms with Crippen molar-refractivity contribution in [1.82, 2.24) is 4.90 Å². The Labute approximate surface area is 145 Å². The average Bonchev–Trinajstić information content (AvgIpc) is 2.94. The summed E-state index contributed by atoms with van der Waals surface area (Å²) in [6.45, 7) is 1.24. The van der Waals surface area contributed by atoms with Gasteiger partial charge in [0.25, 0.3) is 0 Å². The van der Waals surface area contributed by atoms with Crippen LogP contribution in [0, 0.1) is 17.5 Å². The molecule has 2 aliphatic rings. The highest BCUT2D eigenvalue weighted by atomic mass is 19.2. The number of rotatable bonds is 4. The van der Waals surface area contributed by atoms with Gasteiger partial charge in [-0.05, 0) is 30.0 Å². The molecule has 132 valence electrons. The maximum atomic E-state index is 14.2. The molecule has 2 nitrogen and oxygen atoms in total. The molecule has 0 saturated heterocycles. The van der Waals surface area contributed by atoms with E-state index < -0.39 is 17.5 Å². The Bertz CT molecular complexity index is 787. The third-order valence-electron chi connectivity index (χ3n) is 5.88. The maximum absolute atomic E-state index is 14.2. The molecule has 1 aliphatic heterocycles. The first kappa shape index (κ1) is 16.6. The van der Waals surface area contributed by atoms with E-state index in [9.17, 15) is 13.2 Å². The van der Waals surface area contributed by atoms with Crippen molar-refractivity contribution in [2.45, 2.75) is 37.3 Å². The highest BCUT2D eigenvalue weighted by Gasteiger charge is 2.44. The molecule has 0 amide bonds. The lowest BCUT2D eigenvalue weighted by molar-refractivity contribution is 0.112. The van der Waals surface area contributed by atoms with Gasteiger partial charge < -0.3 is 5.73 Å². The van der Waals surface area contributed by atoms with Gasteiger partial charge in [0.05, 0.1) is 0 Å². The van der Waals surface area contributed by atoms with Gasteiger partial charge in [0.2, 0.25) is 0 Å². The molecule has 1 atom stereocenters. The largest absolute Gasteiger partial charge is 0.329 e. The molecule has 1 heterocycles. The highest BCUT2D eigenvalue weighted by molar-refractivity contribution is 5.38. The molecule has 0 bridgehead atoms. The third-order valence-corrected chi connectivity index (χ3v) is 5.88. The fourth-order valence-electron chi connectivity index (χ4n) is 4.38. The fourth-order valence-corrected chi connectivity index (χ4v) is 4.38. The second kappa shape index (κ2) is 6.15. The van der Waals surface area contributed by atoms with E-state index in [4.69, 9.17) is 5.73 Å². The zero-order valence-corrected chi connectivity index (χ0v) is 13.9. The lowest BCUT2D eigenvalue weighted by Gasteiger charge is -2.46. The van der Waals surface area contributed by atoms with E-state index in [2.05, 4.69) is 17.0 Å². The molecule has 2 N–H and O–H groups in total. The van der Waals surface area contributed by atoms with Gasteiger partial charge in [-0.3, -0.25) is 4.90 Å². The monoisotopic (exact) mass is 346 g/mol. The normalized spacial score (nSPS) is 21.8. The Kier molecular flexibility index (Phi) is 4.08. The molecule has 0 spiro atoms. The molecule has 4 rings (SSSR count). The molecule has 0 radical (unpaired) electrons. The summed E-state index contributed by atoms with van der Waals surface area (Å²) in [4.78, 5) is 2.08. The molecule has 5 heteroatoms. The average molecular weight is 346 g/mol. The predicted octanol–water partition coefficient (Wildman–Crippen LogP) is 4.04. The molecule has 2 aromatic rings. The van der Waals surface area contributed by atoms with E-state index in [1.807, 2.05) is 18.2 Å². The molecule has 0 aromatic heterocycles. The van der Waals surface area contributed by atoms with Crippen molar-refractivity contribution >= 4 is 0 Å². The highest BCUT2D eigenvalue weighted by Crippen LogP contribution is 2.47. The number of fused-ring (bicyclic) bond motifs is 1. The van der Waals surface area contributed by atoms with Gasteiger partial charge >= 0.3 is 0 Å². The fraction of sp³-hybridized carbons (Fsp3) is 0.400. The van der Waals surface area contributed by atoms with Crippen LogP contribution in [0.25, 0.3) is 0 Å². The lowest BCUT2D eigenvalue weighted by atomic mass is 9.64. The third kappa shape index (κ3) is 2.57. The van der Waals surface area contributed by atoms with E-state index in [0.29, 0.717) is 5.56 Å².